The lowest BCUT2D eigenvalue weighted by molar-refractivity contribution is -0.385. The third-order valence-electron chi connectivity index (χ3n) is 5.42. The number of anilines is 1. The first-order chi connectivity index (χ1) is 15.5. The Kier molecular flexibility index (Phi) is 6.32. The van der Waals surface area contributed by atoms with Gasteiger partial charge in [-0.05, 0) is 23.8 Å². The van der Waals surface area contributed by atoms with Crippen molar-refractivity contribution in [1.82, 2.24) is 0 Å². The van der Waals surface area contributed by atoms with E-state index in [-0.39, 0.29) is 23.5 Å². The van der Waals surface area contributed by atoms with Gasteiger partial charge in [0, 0.05) is 58.9 Å². The van der Waals surface area contributed by atoms with Crippen LogP contribution in [0.3, 0.4) is 0 Å². The number of Topliss-reactive ketones (excluding diaryl/α,β-unsaturated/α-hetero) is 1. The van der Waals surface area contributed by atoms with E-state index in [1.165, 1.54) is 0 Å². The number of hydrogen-bond donors (Lipinski definition) is 2. The maximum atomic E-state index is 11.7. The summed E-state index contributed by atoms with van der Waals surface area (Å²) in [5.41, 5.74) is 10.5. The van der Waals surface area contributed by atoms with Crippen LogP contribution in [0.2, 0.25) is 0 Å². The van der Waals surface area contributed by atoms with Crippen molar-refractivity contribution >= 4 is 39.8 Å². The zero-order chi connectivity index (χ0) is 22.7. The summed E-state index contributed by atoms with van der Waals surface area (Å²) < 4.78 is 11.8. The van der Waals surface area contributed by atoms with Gasteiger partial charge in [-0.15, -0.1) is 0 Å². The lowest BCUT2D eigenvalue weighted by Gasteiger charge is -2.15. The Labute approximate surface area is 191 Å². The molecule has 4 rings (SSSR count). The molecule has 2 aliphatic rings. The first-order valence-electron chi connectivity index (χ1n) is 10.6. The fourth-order valence-corrected chi connectivity index (χ4v) is 3.88. The summed E-state index contributed by atoms with van der Waals surface area (Å²) in [4.78, 5) is 14.8. The number of ether oxygens (including phenoxy) is 1. The van der Waals surface area contributed by atoms with Crippen LogP contribution in [0.5, 0.6) is 0 Å². The molecule has 0 fully saturated rings. The summed E-state index contributed by atoms with van der Waals surface area (Å²) in [5, 5.41) is 1.95. The largest absolute Gasteiger partial charge is 0.456 e. The van der Waals surface area contributed by atoms with Gasteiger partial charge in [0.1, 0.15) is 23.7 Å². The quantitative estimate of drug-likeness (QED) is 0.278. The van der Waals surface area contributed by atoms with Gasteiger partial charge in [-0.1, -0.05) is 44.2 Å². The van der Waals surface area contributed by atoms with Gasteiger partial charge in [0.25, 0.3) is 0 Å². The second-order valence-electron chi connectivity index (χ2n) is 7.75. The Bertz CT molecular complexity index is 1330. The Morgan fingerprint density at radius 2 is 1.91 bits per heavy atom. The number of thiocarbonyl (C=S) groups is 1. The third-order valence-corrected chi connectivity index (χ3v) is 5.64. The van der Waals surface area contributed by atoms with Crippen molar-refractivity contribution in [2.75, 3.05) is 12.3 Å². The van der Waals surface area contributed by atoms with E-state index in [4.69, 9.17) is 27.1 Å². The van der Waals surface area contributed by atoms with E-state index in [2.05, 4.69) is 17.1 Å². The van der Waals surface area contributed by atoms with Crippen LogP contribution in [-0.2, 0) is 9.53 Å². The number of ketones is 1. The highest BCUT2D eigenvalue weighted by Gasteiger charge is 2.18. The van der Waals surface area contributed by atoms with Crippen molar-refractivity contribution < 1.29 is 18.9 Å². The summed E-state index contributed by atoms with van der Waals surface area (Å²) in [6.07, 6.45) is 0.485. The number of nitrogens with one attached hydrogen (secondary N) is 1. The molecule has 0 saturated carbocycles. The van der Waals surface area contributed by atoms with Gasteiger partial charge in [0.2, 0.25) is 5.36 Å². The van der Waals surface area contributed by atoms with Gasteiger partial charge in [-0.3, -0.25) is 4.79 Å². The average molecular weight is 446 g/mol. The second kappa shape index (κ2) is 9.32. The fraction of sp³-hybridized carbons (Fsp3) is 0.192. The number of hydrogen-bond acceptors (Lipinski definition) is 5. The minimum Gasteiger partial charge on any atom is -0.456 e. The van der Waals surface area contributed by atoms with Crippen molar-refractivity contribution in [1.29, 1.82) is 0 Å². The normalized spacial score (nSPS) is 12.8. The van der Waals surface area contributed by atoms with E-state index in [9.17, 15) is 4.79 Å². The predicted molar refractivity (Wildman–Crippen MR) is 130 cm³/mol. The summed E-state index contributed by atoms with van der Waals surface area (Å²) in [6, 6.07) is 21.7. The number of rotatable bonds is 5. The van der Waals surface area contributed by atoms with Gasteiger partial charge in [-0.2, -0.15) is 4.99 Å². The highest BCUT2D eigenvalue weighted by atomic mass is 32.1. The van der Waals surface area contributed by atoms with Crippen molar-refractivity contribution in [2.24, 2.45) is 5.92 Å². The van der Waals surface area contributed by atoms with Crippen LogP contribution in [0.4, 0.5) is 5.69 Å². The molecule has 0 aromatic heterocycles. The van der Waals surface area contributed by atoms with E-state index in [0.29, 0.717) is 23.5 Å². The highest BCUT2D eigenvalue weighted by Crippen LogP contribution is 2.39. The Hall–Kier alpha value is -3.51. The molecule has 0 saturated heterocycles. The van der Waals surface area contributed by atoms with Gasteiger partial charge < -0.3 is 14.9 Å². The molecule has 2 aromatic carbocycles. The van der Waals surface area contributed by atoms with Crippen LogP contribution in [0.25, 0.3) is 33.4 Å². The number of fused-ring (bicyclic) bond motifs is 2. The van der Waals surface area contributed by atoms with Gasteiger partial charge in [0.15, 0.2) is 0 Å². The minimum absolute atomic E-state index is 0.150. The smallest absolute Gasteiger partial charge is 0.439 e. The Balaban J connectivity index is 1.77. The lowest BCUT2D eigenvalue weighted by Crippen LogP contribution is -2.80. The highest BCUT2D eigenvalue weighted by molar-refractivity contribution is 7.79. The van der Waals surface area contributed by atoms with Crippen LogP contribution in [0.1, 0.15) is 20.3 Å². The van der Waals surface area contributed by atoms with E-state index in [1.807, 2.05) is 68.4 Å². The van der Waals surface area contributed by atoms with Crippen molar-refractivity contribution in [2.45, 2.75) is 20.3 Å². The number of benzene rings is 3. The monoisotopic (exact) mass is 445 g/mol. The molecular formula is C26H25N2O3S+. The molecule has 162 valence electrons. The standard InChI is InChI=1S/C26H24N2O3S/c1-3-22(29)16(2)15-30-26(32)28-19-10-12-21-24(14-19)31-23-13-18(27)9-11-20(23)25(21)17-7-5-4-6-8-17/h4-14,16H,3,15,27H2,1-2H3/p+1/b28-19-. The zero-order valence-electron chi connectivity index (χ0n) is 18.1. The number of nitrogens with two attached hydrogens (primary N) is 1. The molecule has 0 bridgehead atoms. The van der Waals surface area contributed by atoms with E-state index >= 15 is 0 Å². The van der Waals surface area contributed by atoms with E-state index in [1.54, 1.807) is 0 Å². The Morgan fingerprint density at radius 1 is 1.12 bits per heavy atom. The second-order valence-corrected chi connectivity index (χ2v) is 8.12. The third kappa shape index (κ3) is 4.55. The fourth-order valence-electron chi connectivity index (χ4n) is 3.70. The van der Waals surface area contributed by atoms with Crippen LogP contribution in [0.15, 0.2) is 71.1 Å². The summed E-state index contributed by atoms with van der Waals surface area (Å²) in [7, 11) is 0. The van der Waals surface area contributed by atoms with E-state index < -0.39 is 0 Å². The number of carbonyl (C=O) groups excluding carboxylic acids is 1. The lowest BCUT2D eigenvalue weighted by atomic mass is 9.93. The molecule has 6 heteroatoms. The maximum absolute atomic E-state index is 11.7. The SMILES string of the molecule is CCC(=O)C(C)COC(=S)/[NH+]=c1/ccc2c(-c3ccccc3)c3ccc(N)cc3oc-2c1. The average Bonchev–Trinajstić information content (AvgIpc) is 2.80. The first kappa shape index (κ1) is 21.7. The Morgan fingerprint density at radius 3 is 2.66 bits per heavy atom. The molecule has 1 aliphatic heterocycles. The van der Waals surface area contributed by atoms with Crippen molar-refractivity contribution in [3.8, 4) is 22.5 Å². The summed E-state index contributed by atoms with van der Waals surface area (Å²) in [6.45, 7) is 3.93. The van der Waals surface area contributed by atoms with Gasteiger partial charge in [0.05, 0.1) is 6.07 Å². The summed E-state index contributed by atoms with van der Waals surface area (Å²) >= 11 is 5.30. The predicted octanol–water partition coefficient (Wildman–Crippen LogP) is 3.68. The molecule has 5 nitrogen and oxygen atoms in total. The molecule has 3 N–H and O–H groups in total. The molecular weight excluding hydrogens is 420 g/mol. The molecule has 1 aliphatic carbocycles. The molecule has 1 atom stereocenters. The molecule has 1 unspecified atom stereocenters. The van der Waals surface area contributed by atoms with Crippen molar-refractivity contribution in [3.05, 3.63) is 72.1 Å². The van der Waals surface area contributed by atoms with Crippen molar-refractivity contribution in [3.63, 3.8) is 0 Å². The van der Waals surface area contributed by atoms with Crippen LogP contribution in [-0.4, -0.2) is 17.6 Å². The van der Waals surface area contributed by atoms with E-state index in [0.717, 1.165) is 27.4 Å². The maximum Gasteiger partial charge on any atom is 0.439 e. The van der Waals surface area contributed by atoms with Crippen LogP contribution < -0.4 is 16.1 Å². The first-order valence-corrected chi connectivity index (χ1v) is 11.0. The molecule has 1 heterocycles. The van der Waals surface area contributed by atoms with Gasteiger partial charge in [-0.25, -0.2) is 0 Å². The van der Waals surface area contributed by atoms with Gasteiger partial charge >= 0.3 is 5.17 Å². The minimum atomic E-state index is -0.198. The number of nitrogen functional groups attached to an aromatic ring is 1. The van der Waals surface area contributed by atoms with Crippen LogP contribution in [0, 0.1) is 5.92 Å². The molecule has 0 radical (unpaired) electrons. The molecule has 2 aromatic rings. The number of carbonyl (C=O) groups is 1. The molecule has 0 amide bonds. The molecule has 32 heavy (non-hydrogen) atoms. The summed E-state index contributed by atoms with van der Waals surface area (Å²) in [5.74, 6) is 0.651. The van der Waals surface area contributed by atoms with Crippen LogP contribution >= 0.6 is 12.2 Å². The molecule has 0 spiro atoms. The zero-order valence-corrected chi connectivity index (χ0v) is 18.9. The topological polar surface area (TPSA) is 79.4 Å².